The van der Waals surface area contributed by atoms with E-state index in [-0.39, 0.29) is 20.1 Å². The van der Waals surface area contributed by atoms with Crippen molar-refractivity contribution in [2.75, 3.05) is 0 Å². The topological polar surface area (TPSA) is 51.8 Å². The Balaban J connectivity index is 0.000000204. The molecule has 0 bridgehead atoms. The third-order valence-electron chi connectivity index (χ3n) is 7.83. The molecule has 0 fully saturated rings. The molecule has 4 aromatic heterocycles. The van der Waals surface area contributed by atoms with Crippen molar-refractivity contribution in [3.05, 3.63) is 108 Å². The third kappa shape index (κ3) is 7.86. The predicted molar refractivity (Wildman–Crippen MR) is 187 cm³/mol. The molecule has 45 heavy (non-hydrogen) atoms. The summed E-state index contributed by atoms with van der Waals surface area (Å²) < 4.78 is 6.19. The summed E-state index contributed by atoms with van der Waals surface area (Å²) in [5, 5.41) is 3.68. The molecule has 6 rings (SSSR count). The number of furan rings is 1. The summed E-state index contributed by atoms with van der Waals surface area (Å²) in [5.41, 5.74) is 10.2. The van der Waals surface area contributed by atoms with E-state index in [9.17, 15) is 0 Å². The number of nitrogens with zero attached hydrogens (tertiary/aromatic N) is 3. The van der Waals surface area contributed by atoms with Gasteiger partial charge in [0.15, 0.2) is 0 Å². The zero-order valence-electron chi connectivity index (χ0n) is 27.9. The number of hydrogen-bond acceptors (Lipinski definition) is 4. The number of pyridine rings is 3. The van der Waals surface area contributed by atoms with Crippen LogP contribution in [-0.4, -0.2) is 23.0 Å². The molecule has 0 aliphatic heterocycles. The molecule has 0 aliphatic rings. The van der Waals surface area contributed by atoms with Gasteiger partial charge in [-0.05, 0) is 60.8 Å². The summed E-state index contributed by atoms with van der Waals surface area (Å²) in [6.07, 6.45) is 5.10. The number of hydrogen-bond donors (Lipinski definition) is 0. The Kier molecular flexibility index (Phi) is 11.0. The largest absolute Gasteiger partial charge is 0.499 e. The number of aromatic nitrogens is 3. The number of fused-ring (bicyclic) bond motifs is 3. The van der Waals surface area contributed by atoms with E-state index in [0.717, 1.165) is 62.3 Å². The van der Waals surface area contributed by atoms with E-state index < -0.39 is 8.07 Å². The molecule has 0 saturated heterocycles. The second-order valence-electron chi connectivity index (χ2n) is 13.4. The molecule has 235 valence electrons. The van der Waals surface area contributed by atoms with Gasteiger partial charge >= 0.3 is 0 Å². The van der Waals surface area contributed by atoms with Gasteiger partial charge in [0.05, 0.1) is 19.4 Å². The summed E-state index contributed by atoms with van der Waals surface area (Å²) in [5.74, 6) is 1.12. The van der Waals surface area contributed by atoms with Crippen LogP contribution in [0.1, 0.15) is 56.1 Å². The van der Waals surface area contributed by atoms with Gasteiger partial charge in [0, 0.05) is 43.6 Å². The molecule has 0 aliphatic carbocycles. The van der Waals surface area contributed by atoms with Gasteiger partial charge in [-0.1, -0.05) is 81.5 Å². The van der Waals surface area contributed by atoms with Crippen molar-refractivity contribution in [1.29, 1.82) is 0 Å². The maximum absolute atomic E-state index is 6.19. The van der Waals surface area contributed by atoms with Crippen molar-refractivity contribution < 1.29 is 24.5 Å². The molecule has 0 spiro atoms. The fraction of sp³-hybridized carbons (Fsp3) is 0.308. The average molecular weight is 790 g/mol. The van der Waals surface area contributed by atoms with Crippen molar-refractivity contribution in [2.45, 2.75) is 73.5 Å². The first-order valence-corrected chi connectivity index (χ1v) is 19.1. The Morgan fingerprint density at radius 2 is 1.60 bits per heavy atom. The zero-order valence-corrected chi connectivity index (χ0v) is 31.3. The maximum atomic E-state index is 6.19. The van der Waals surface area contributed by atoms with Crippen LogP contribution in [0.3, 0.4) is 0 Å². The second kappa shape index (κ2) is 14.3. The molecule has 4 nitrogen and oxygen atoms in total. The Hall–Kier alpha value is -3.44. The van der Waals surface area contributed by atoms with Gasteiger partial charge in [0.2, 0.25) is 0 Å². The second-order valence-corrected chi connectivity index (χ2v) is 18.4. The van der Waals surface area contributed by atoms with Crippen molar-refractivity contribution in [3.63, 3.8) is 0 Å². The van der Waals surface area contributed by atoms with E-state index in [0.29, 0.717) is 11.8 Å². The smallest absolute Gasteiger partial charge is 0.142 e. The van der Waals surface area contributed by atoms with Crippen molar-refractivity contribution in [2.24, 2.45) is 5.92 Å². The van der Waals surface area contributed by atoms with E-state index in [2.05, 4.69) is 117 Å². The number of rotatable bonds is 6. The van der Waals surface area contributed by atoms with Gasteiger partial charge in [0.1, 0.15) is 5.58 Å². The van der Waals surface area contributed by atoms with Crippen LogP contribution < -0.4 is 5.19 Å². The molecule has 1 radical (unpaired) electrons. The van der Waals surface area contributed by atoms with Crippen LogP contribution in [0, 0.1) is 31.9 Å². The molecule has 6 aromatic rings. The summed E-state index contributed by atoms with van der Waals surface area (Å²) in [4.78, 5) is 13.7. The Bertz CT molecular complexity index is 1910. The van der Waals surface area contributed by atoms with Crippen LogP contribution in [-0.2, 0) is 26.5 Å². The minimum Gasteiger partial charge on any atom is -0.499 e. The first kappa shape index (κ1) is 34.4. The Morgan fingerprint density at radius 1 is 0.822 bits per heavy atom. The number of aryl methyl sites for hydroxylation is 2. The van der Waals surface area contributed by atoms with Crippen LogP contribution >= 0.6 is 0 Å². The standard InChI is InChI=1S/C21H19N2O.C18H24NSi.Ir/c1-12(2)15-8-9-22-19(11-15)17-7-5-6-16-18-10-13(3)23-14(4)20(18)24-21(16)17;1-14(2)11-16-12-17(15-9-7-6-8-10-15)19-13-18(16)20(3,4)5;/h5-6,8-12H,1-4H3;6-9,12-14H,11H2,1-5H3;/q2*-1;. The Morgan fingerprint density at radius 3 is 2.27 bits per heavy atom. The van der Waals surface area contributed by atoms with Crippen LogP contribution in [0.4, 0.5) is 0 Å². The van der Waals surface area contributed by atoms with Crippen molar-refractivity contribution in [3.8, 4) is 22.5 Å². The molecule has 0 saturated carbocycles. The van der Waals surface area contributed by atoms with Crippen LogP contribution in [0.15, 0.2) is 77.5 Å². The quantitative estimate of drug-likeness (QED) is 0.125. The number of benzene rings is 2. The van der Waals surface area contributed by atoms with E-state index >= 15 is 0 Å². The fourth-order valence-corrected chi connectivity index (χ4v) is 7.25. The molecule has 0 unspecified atom stereocenters. The molecule has 0 amide bonds. The minimum absolute atomic E-state index is 0. The molecular weight excluding hydrogens is 747 g/mol. The molecule has 0 N–H and O–H groups in total. The van der Waals surface area contributed by atoms with E-state index in [1.807, 2.05) is 44.3 Å². The first-order chi connectivity index (χ1) is 20.9. The van der Waals surface area contributed by atoms with Gasteiger partial charge in [-0.2, -0.15) is 0 Å². The summed E-state index contributed by atoms with van der Waals surface area (Å²) >= 11 is 0. The molecule has 0 atom stereocenters. The fourth-order valence-electron chi connectivity index (χ4n) is 5.66. The maximum Gasteiger partial charge on any atom is 0.142 e. The minimum atomic E-state index is -1.34. The Labute approximate surface area is 283 Å². The average Bonchev–Trinajstić information content (AvgIpc) is 3.36. The van der Waals surface area contributed by atoms with Crippen LogP contribution in [0.25, 0.3) is 44.5 Å². The van der Waals surface area contributed by atoms with Crippen molar-refractivity contribution >= 4 is 35.2 Å². The predicted octanol–water partition coefficient (Wildman–Crippen LogP) is 9.87. The summed E-state index contributed by atoms with van der Waals surface area (Å²) in [7, 11) is -1.34. The first-order valence-electron chi connectivity index (χ1n) is 15.6. The van der Waals surface area contributed by atoms with E-state index in [1.165, 1.54) is 16.3 Å². The SMILES string of the molecule is CC(C)Cc1cc(-c2[c-]cccc2)ncc1[Si](C)(C)C.Cc1cc2c(oc3c(-c4cc(C(C)C)ccn4)[c-]ccc32)c(C)n1.[Ir]. The summed E-state index contributed by atoms with van der Waals surface area (Å²) in [6, 6.07) is 27.2. The van der Waals surface area contributed by atoms with Crippen LogP contribution in [0.5, 0.6) is 0 Å². The van der Waals surface area contributed by atoms with Gasteiger partial charge in [0.25, 0.3) is 0 Å². The van der Waals surface area contributed by atoms with Gasteiger partial charge < -0.3 is 14.4 Å². The van der Waals surface area contributed by atoms with Gasteiger partial charge in [-0.15, -0.1) is 54.1 Å². The molecule has 6 heteroatoms. The summed E-state index contributed by atoms with van der Waals surface area (Å²) in [6.45, 7) is 20.1. The van der Waals surface area contributed by atoms with E-state index in [1.54, 1.807) is 0 Å². The van der Waals surface area contributed by atoms with Crippen LogP contribution in [0.2, 0.25) is 19.6 Å². The molecule has 2 aromatic carbocycles. The normalized spacial score (nSPS) is 11.5. The molecule has 4 heterocycles. The van der Waals surface area contributed by atoms with Crippen molar-refractivity contribution in [1.82, 2.24) is 15.0 Å². The molecular formula is C39H43IrN3OSi-2. The van der Waals surface area contributed by atoms with Gasteiger partial charge in [-0.3, -0.25) is 4.98 Å². The van der Waals surface area contributed by atoms with E-state index in [4.69, 9.17) is 4.42 Å². The monoisotopic (exact) mass is 790 g/mol. The van der Waals surface area contributed by atoms with Gasteiger partial charge in [-0.25, -0.2) is 0 Å². The third-order valence-corrected chi connectivity index (χ3v) is 9.90. The zero-order chi connectivity index (χ0) is 31.6.